The molecule has 0 saturated carbocycles. The van der Waals surface area contributed by atoms with Crippen LogP contribution < -0.4 is 5.73 Å². The molecule has 0 amide bonds. The Bertz CT molecular complexity index is 771. The van der Waals surface area contributed by atoms with Crippen molar-refractivity contribution < 1.29 is 8.42 Å². The quantitative estimate of drug-likeness (QED) is 0.833. The molecule has 21 heavy (non-hydrogen) atoms. The first-order valence-corrected chi connectivity index (χ1v) is 8.95. The fraction of sp³-hybridized carbons (Fsp3) is 0.154. The largest absolute Gasteiger partial charge is 0.389 e. The summed E-state index contributed by atoms with van der Waals surface area (Å²) in [6, 6.07) is 9.86. The first kappa shape index (κ1) is 16.4. The van der Waals surface area contributed by atoms with Gasteiger partial charge in [0, 0.05) is 24.0 Å². The molecule has 1 aromatic heterocycles. The van der Waals surface area contributed by atoms with Gasteiger partial charge in [-0.25, -0.2) is 8.42 Å². The van der Waals surface area contributed by atoms with Gasteiger partial charge in [-0.2, -0.15) is 4.31 Å². The highest BCUT2D eigenvalue weighted by Gasteiger charge is 2.22. The fourth-order valence-corrected chi connectivity index (χ4v) is 4.28. The molecule has 0 aliphatic carbocycles. The Hall–Kier alpha value is -0.990. The number of sulfonamides is 1. The normalized spacial score (nSPS) is 11.8. The molecule has 112 valence electrons. The minimum atomic E-state index is -3.60. The number of benzene rings is 1. The van der Waals surface area contributed by atoms with Crippen LogP contribution in [0.2, 0.25) is 4.34 Å². The van der Waals surface area contributed by atoms with Crippen molar-refractivity contribution in [2.24, 2.45) is 5.73 Å². The second-order valence-corrected chi connectivity index (χ2v) is 8.64. The van der Waals surface area contributed by atoms with Gasteiger partial charge in [-0.1, -0.05) is 36.0 Å². The number of thiocarbonyl (C=S) groups is 1. The molecule has 4 nitrogen and oxygen atoms in total. The predicted molar refractivity (Wildman–Crippen MR) is 90.3 cm³/mol. The number of thiophene rings is 1. The summed E-state index contributed by atoms with van der Waals surface area (Å²) >= 11 is 12.1. The first-order chi connectivity index (χ1) is 9.80. The average Bonchev–Trinajstić information content (AvgIpc) is 2.84. The Balaban J connectivity index is 2.28. The van der Waals surface area contributed by atoms with Crippen molar-refractivity contribution in [1.82, 2.24) is 4.31 Å². The lowest BCUT2D eigenvalue weighted by Crippen LogP contribution is -2.26. The molecule has 0 aliphatic rings. The van der Waals surface area contributed by atoms with Crippen molar-refractivity contribution in [1.29, 1.82) is 0 Å². The van der Waals surface area contributed by atoms with E-state index in [1.54, 1.807) is 18.2 Å². The lowest BCUT2D eigenvalue weighted by molar-refractivity contribution is 0.469. The molecule has 0 saturated heterocycles. The van der Waals surface area contributed by atoms with Crippen LogP contribution in [-0.4, -0.2) is 24.8 Å². The van der Waals surface area contributed by atoms with Crippen LogP contribution in [-0.2, 0) is 16.6 Å². The number of nitrogens with two attached hydrogens (primary N) is 1. The highest BCUT2D eigenvalue weighted by atomic mass is 35.5. The lowest BCUT2D eigenvalue weighted by atomic mass is 10.2. The Morgan fingerprint density at radius 3 is 2.67 bits per heavy atom. The third kappa shape index (κ3) is 3.81. The summed E-state index contributed by atoms with van der Waals surface area (Å²) in [7, 11) is -2.08. The van der Waals surface area contributed by atoms with Crippen molar-refractivity contribution in [2.75, 3.05) is 7.05 Å². The van der Waals surface area contributed by atoms with Gasteiger partial charge in [0.05, 0.1) is 9.23 Å². The van der Waals surface area contributed by atoms with Crippen LogP contribution >= 0.6 is 35.2 Å². The minimum absolute atomic E-state index is 0.165. The SMILES string of the molecule is CN(Cc1ccc(Cl)s1)S(=O)(=O)c1cccc(C(N)=S)c1. The second kappa shape index (κ2) is 6.41. The van der Waals surface area contributed by atoms with Crippen LogP contribution in [0, 0.1) is 0 Å². The maximum atomic E-state index is 12.5. The molecule has 1 heterocycles. The van der Waals surface area contributed by atoms with Gasteiger partial charge in [0.15, 0.2) is 0 Å². The zero-order valence-corrected chi connectivity index (χ0v) is 14.3. The summed E-state index contributed by atoms with van der Waals surface area (Å²) in [5, 5.41) is 0. The van der Waals surface area contributed by atoms with Crippen molar-refractivity contribution >= 4 is 50.2 Å². The Morgan fingerprint density at radius 1 is 1.38 bits per heavy atom. The first-order valence-electron chi connectivity index (χ1n) is 5.91. The molecular weight excluding hydrogens is 348 g/mol. The number of rotatable bonds is 5. The molecule has 0 spiro atoms. The van der Waals surface area contributed by atoms with Gasteiger partial charge in [-0.05, 0) is 24.3 Å². The molecule has 0 bridgehead atoms. The molecular formula is C13H13ClN2O2S3. The number of hydrogen-bond donors (Lipinski definition) is 1. The smallest absolute Gasteiger partial charge is 0.243 e. The molecule has 8 heteroatoms. The molecule has 0 unspecified atom stereocenters. The molecule has 0 aliphatic heterocycles. The lowest BCUT2D eigenvalue weighted by Gasteiger charge is -2.16. The van der Waals surface area contributed by atoms with Crippen LogP contribution in [0.4, 0.5) is 0 Å². The van der Waals surface area contributed by atoms with E-state index in [1.165, 1.54) is 34.8 Å². The summed E-state index contributed by atoms with van der Waals surface area (Å²) in [6.45, 7) is 0.261. The molecule has 1 aromatic carbocycles. The van der Waals surface area contributed by atoms with Gasteiger partial charge in [0.2, 0.25) is 10.0 Å². The van der Waals surface area contributed by atoms with Crippen molar-refractivity contribution in [2.45, 2.75) is 11.4 Å². The highest BCUT2D eigenvalue weighted by molar-refractivity contribution is 7.89. The summed E-state index contributed by atoms with van der Waals surface area (Å²) in [5.41, 5.74) is 6.06. The van der Waals surface area contributed by atoms with Crippen LogP contribution in [0.1, 0.15) is 10.4 Å². The summed E-state index contributed by atoms with van der Waals surface area (Å²) < 4.78 is 27.0. The van der Waals surface area contributed by atoms with Crippen LogP contribution in [0.5, 0.6) is 0 Å². The zero-order valence-electron chi connectivity index (χ0n) is 11.1. The number of nitrogens with zero attached hydrogens (tertiary/aromatic N) is 1. The van der Waals surface area contributed by atoms with Gasteiger partial charge in [-0.15, -0.1) is 11.3 Å². The molecule has 2 rings (SSSR count). The van der Waals surface area contributed by atoms with E-state index in [-0.39, 0.29) is 16.4 Å². The van der Waals surface area contributed by atoms with Crippen molar-refractivity contribution in [3.8, 4) is 0 Å². The van der Waals surface area contributed by atoms with Gasteiger partial charge in [0.25, 0.3) is 0 Å². The molecule has 0 atom stereocenters. The van der Waals surface area contributed by atoms with Crippen molar-refractivity contribution in [3.05, 3.63) is 51.2 Å². The fourth-order valence-electron chi connectivity index (χ4n) is 1.73. The van der Waals surface area contributed by atoms with Gasteiger partial charge >= 0.3 is 0 Å². The van der Waals surface area contributed by atoms with Crippen LogP contribution in [0.25, 0.3) is 0 Å². The van der Waals surface area contributed by atoms with E-state index in [9.17, 15) is 8.42 Å². The number of halogens is 1. The third-order valence-electron chi connectivity index (χ3n) is 2.83. The van der Waals surface area contributed by atoms with E-state index < -0.39 is 10.0 Å². The van der Waals surface area contributed by atoms with Gasteiger partial charge in [-0.3, -0.25) is 0 Å². The molecule has 0 fully saturated rings. The zero-order chi connectivity index (χ0) is 15.6. The summed E-state index contributed by atoms with van der Waals surface area (Å²) in [4.78, 5) is 1.20. The monoisotopic (exact) mass is 360 g/mol. The van der Waals surface area contributed by atoms with Crippen LogP contribution in [0.15, 0.2) is 41.3 Å². The average molecular weight is 361 g/mol. The van der Waals surface area contributed by atoms with E-state index in [0.29, 0.717) is 9.90 Å². The summed E-state index contributed by atoms with van der Waals surface area (Å²) in [5.74, 6) is 0. The standard InChI is InChI=1S/C13H13ClN2O2S3/c1-16(8-10-5-6-12(14)20-10)21(17,18)11-4-2-3-9(7-11)13(15)19/h2-7H,8H2,1H3,(H2,15,19). The number of hydrogen-bond acceptors (Lipinski definition) is 4. The molecule has 0 radical (unpaired) electrons. The van der Waals surface area contributed by atoms with E-state index in [0.717, 1.165) is 4.88 Å². The topological polar surface area (TPSA) is 63.4 Å². The van der Waals surface area contributed by atoms with E-state index >= 15 is 0 Å². The van der Waals surface area contributed by atoms with Gasteiger partial charge in [0.1, 0.15) is 4.99 Å². The third-order valence-corrected chi connectivity index (χ3v) is 6.09. The molecule has 2 aromatic rings. The Labute approximate surface area is 138 Å². The summed E-state index contributed by atoms with van der Waals surface area (Å²) in [6.07, 6.45) is 0. The van der Waals surface area contributed by atoms with E-state index in [4.69, 9.17) is 29.6 Å². The minimum Gasteiger partial charge on any atom is -0.389 e. The molecule has 2 N–H and O–H groups in total. The Kier molecular flexibility index (Phi) is 5.00. The maximum Gasteiger partial charge on any atom is 0.243 e. The Morgan fingerprint density at radius 2 is 2.10 bits per heavy atom. The van der Waals surface area contributed by atoms with Gasteiger partial charge < -0.3 is 5.73 Å². The predicted octanol–water partition coefficient (Wildman–Crippen LogP) is 2.86. The van der Waals surface area contributed by atoms with E-state index in [2.05, 4.69) is 0 Å². The van der Waals surface area contributed by atoms with Crippen LogP contribution in [0.3, 0.4) is 0 Å². The highest BCUT2D eigenvalue weighted by Crippen LogP contribution is 2.24. The van der Waals surface area contributed by atoms with Crippen molar-refractivity contribution in [3.63, 3.8) is 0 Å². The second-order valence-electron chi connectivity index (χ2n) is 4.36. The maximum absolute atomic E-state index is 12.5. The van der Waals surface area contributed by atoms with E-state index in [1.807, 2.05) is 6.07 Å².